The summed E-state index contributed by atoms with van der Waals surface area (Å²) in [7, 11) is 0. The fourth-order valence-corrected chi connectivity index (χ4v) is 4.37. The third-order valence-electron chi connectivity index (χ3n) is 5.80. The number of carbonyl (C=O) groups excluding carboxylic acids is 1. The summed E-state index contributed by atoms with van der Waals surface area (Å²) in [5.41, 5.74) is 8.64. The third kappa shape index (κ3) is 8.08. The molecule has 2 heterocycles. The lowest BCUT2D eigenvalue weighted by molar-refractivity contribution is -0.0705. The average molecular weight is 559 g/mol. The number of ether oxygens (including phenoxy) is 2. The van der Waals surface area contributed by atoms with E-state index in [1.54, 1.807) is 4.90 Å². The van der Waals surface area contributed by atoms with Crippen LogP contribution in [0.4, 0.5) is 4.79 Å². The van der Waals surface area contributed by atoms with Crippen LogP contribution >= 0.6 is 24.0 Å². The molecule has 2 aliphatic rings. The standard InChI is InChI=1S/C23H37N5O3.HI/c1-4-30-23(29)28-11-9-21(10-12-28)26-22(24)25-13-19-7-5-6-8-20(19)16-27-14-17(2)31-18(3)15-27;/h5-8,17-18,21H,4,9-16H2,1-3H3,(H3,24,25,26);1H. The summed E-state index contributed by atoms with van der Waals surface area (Å²) in [6.07, 6.45) is 1.94. The lowest BCUT2D eigenvalue weighted by Crippen LogP contribution is -2.48. The number of piperidine rings is 1. The molecule has 0 spiro atoms. The Morgan fingerprint density at radius 1 is 1.19 bits per heavy atom. The first-order valence-electron chi connectivity index (χ1n) is 11.4. The van der Waals surface area contributed by atoms with Gasteiger partial charge in [0.15, 0.2) is 5.96 Å². The number of likely N-dealkylation sites (tertiary alicyclic amines) is 1. The third-order valence-corrected chi connectivity index (χ3v) is 5.80. The van der Waals surface area contributed by atoms with E-state index >= 15 is 0 Å². The van der Waals surface area contributed by atoms with E-state index in [0.29, 0.717) is 32.2 Å². The maximum atomic E-state index is 11.8. The van der Waals surface area contributed by atoms with E-state index in [0.717, 1.165) is 32.5 Å². The van der Waals surface area contributed by atoms with Gasteiger partial charge in [-0.15, -0.1) is 24.0 Å². The number of morpholine rings is 1. The Morgan fingerprint density at radius 2 is 1.81 bits per heavy atom. The average Bonchev–Trinajstić information content (AvgIpc) is 2.73. The van der Waals surface area contributed by atoms with Gasteiger partial charge in [-0.25, -0.2) is 9.79 Å². The SMILES string of the molecule is CCOC(=O)N1CCC(NC(N)=NCc2ccccc2CN2CC(C)OC(C)C2)CC1.I. The smallest absolute Gasteiger partial charge is 0.409 e. The van der Waals surface area contributed by atoms with Gasteiger partial charge < -0.3 is 25.4 Å². The topological polar surface area (TPSA) is 92.4 Å². The fourth-order valence-electron chi connectivity index (χ4n) is 4.37. The molecular weight excluding hydrogens is 521 g/mol. The van der Waals surface area contributed by atoms with E-state index in [4.69, 9.17) is 15.2 Å². The highest BCUT2D eigenvalue weighted by Gasteiger charge is 2.24. The van der Waals surface area contributed by atoms with E-state index in [2.05, 4.69) is 47.3 Å². The number of rotatable bonds is 6. The van der Waals surface area contributed by atoms with Crippen LogP contribution in [0, 0.1) is 0 Å². The molecule has 1 aromatic carbocycles. The molecule has 2 saturated heterocycles. The zero-order valence-electron chi connectivity index (χ0n) is 19.5. The summed E-state index contributed by atoms with van der Waals surface area (Å²) in [5, 5.41) is 3.32. The number of carbonyl (C=O) groups is 1. The van der Waals surface area contributed by atoms with Crippen molar-refractivity contribution >= 4 is 36.0 Å². The molecule has 0 aliphatic carbocycles. The molecule has 1 amide bonds. The summed E-state index contributed by atoms with van der Waals surface area (Å²) in [4.78, 5) is 20.6. The summed E-state index contributed by atoms with van der Waals surface area (Å²) in [6, 6.07) is 8.64. The number of hydrogen-bond donors (Lipinski definition) is 2. The Labute approximate surface area is 208 Å². The monoisotopic (exact) mass is 559 g/mol. The number of nitrogens with one attached hydrogen (secondary N) is 1. The largest absolute Gasteiger partial charge is 0.450 e. The van der Waals surface area contributed by atoms with Crippen molar-refractivity contribution in [3.05, 3.63) is 35.4 Å². The van der Waals surface area contributed by atoms with Crippen molar-refractivity contribution in [2.24, 2.45) is 10.7 Å². The Hall–Kier alpha value is -1.59. The minimum absolute atomic E-state index is 0. The zero-order valence-corrected chi connectivity index (χ0v) is 21.8. The van der Waals surface area contributed by atoms with Crippen LogP contribution in [-0.2, 0) is 22.6 Å². The van der Waals surface area contributed by atoms with E-state index in [-0.39, 0.29) is 48.3 Å². The van der Waals surface area contributed by atoms with Crippen LogP contribution in [0.1, 0.15) is 44.7 Å². The lowest BCUT2D eigenvalue weighted by Gasteiger charge is -2.35. The second kappa shape index (κ2) is 13.2. The number of halogens is 1. The first-order valence-corrected chi connectivity index (χ1v) is 11.4. The van der Waals surface area contributed by atoms with Gasteiger partial charge in [-0.3, -0.25) is 4.90 Å². The van der Waals surface area contributed by atoms with Gasteiger partial charge in [0.25, 0.3) is 0 Å². The molecule has 9 heteroatoms. The molecule has 0 aromatic heterocycles. The Kier molecular flexibility index (Phi) is 11.0. The predicted molar refractivity (Wildman–Crippen MR) is 137 cm³/mol. The van der Waals surface area contributed by atoms with E-state index < -0.39 is 0 Å². The Morgan fingerprint density at radius 3 is 2.44 bits per heavy atom. The molecule has 2 atom stereocenters. The van der Waals surface area contributed by atoms with Crippen molar-refractivity contribution in [3.8, 4) is 0 Å². The molecule has 3 N–H and O–H groups in total. The molecule has 32 heavy (non-hydrogen) atoms. The number of hydrogen-bond acceptors (Lipinski definition) is 5. The fraction of sp³-hybridized carbons (Fsp3) is 0.652. The minimum atomic E-state index is -0.233. The van der Waals surface area contributed by atoms with Gasteiger partial charge in [0.2, 0.25) is 0 Å². The van der Waals surface area contributed by atoms with Gasteiger partial charge in [-0.1, -0.05) is 24.3 Å². The molecule has 8 nitrogen and oxygen atoms in total. The summed E-state index contributed by atoms with van der Waals surface area (Å²) < 4.78 is 10.9. The number of nitrogens with zero attached hydrogens (tertiary/aromatic N) is 3. The number of guanidine groups is 1. The van der Waals surface area contributed by atoms with Gasteiger partial charge >= 0.3 is 6.09 Å². The lowest BCUT2D eigenvalue weighted by atomic mass is 10.1. The molecule has 2 fully saturated rings. The van der Waals surface area contributed by atoms with Gasteiger partial charge in [0.1, 0.15) is 0 Å². The highest BCUT2D eigenvalue weighted by molar-refractivity contribution is 14.0. The number of nitrogens with two attached hydrogens (primary N) is 1. The van der Waals surface area contributed by atoms with Gasteiger partial charge in [-0.05, 0) is 44.7 Å². The highest BCUT2D eigenvalue weighted by atomic mass is 127. The molecule has 0 radical (unpaired) electrons. The van der Waals surface area contributed by atoms with Crippen molar-refractivity contribution in [1.82, 2.24) is 15.1 Å². The Bertz CT molecular complexity index is 745. The maximum Gasteiger partial charge on any atom is 0.409 e. The van der Waals surface area contributed by atoms with Crippen molar-refractivity contribution in [2.75, 3.05) is 32.8 Å². The summed E-state index contributed by atoms with van der Waals surface area (Å²) in [6.45, 7) is 11.1. The van der Waals surface area contributed by atoms with Crippen LogP contribution in [0.2, 0.25) is 0 Å². The second-order valence-corrected chi connectivity index (χ2v) is 8.53. The van der Waals surface area contributed by atoms with Crippen LogP contribution in [0.5, 0.6) is 0 Å². The summed E-state index contributed by atoms with van der Waals surface area (Å²) >= 11 is 0. The predicted octanol–water partition coefficient (Wildman–Crippen LogP) is 2.94. The molecule has 2 unspecified atom stereocenters. The zero-order chi connectivity index (χ0) is 22.2. The van der Waals surface area contributed by atoms with Crippen molar-refractivity contribution in [2.45, 2.75) is 65.0 Å². The van der Waals surface area contributed by atoms with Gasteiger partial charge in [-0.2, -0.15) is 0 Å². The van der Waals surface area contributed by atoms with Crippen LogP contribution in [-0.4, -0.2) is 72.9 Å². The van der Waals surface area contributed by atoms with E-state index in [1.807, 2.05) is 13.0 Å². The van der Waals surface area contributed by atoms with E-state index in [1.165, 1.54) is 11.1 Å². The molecule has 2 aliphatic heterocycles. The van der Waals surface area contributed by atoms with Crippen LogP contribution < -0.4 is 11.1 Å². The second-order valence-electron chi connectivity index (χ2n) is 8.53. The van der Waals surface area contributed by atoms with Crippen molar-refractivity contribution in [3.63, 3.8) is 0 Å². The molecule has 0 bridgehead atoms. The van der Waals surface area contributed by atoms with Crippen molar-refractivity contribution in [1.29, 1.82) is 0 Å². The van der Waals surface area contributed by atoms with Crippen molar-refractivity contribution < 1.29 is 14.3 Å². The molecule has 1 aromatic rings. The normalized spacial score (nSPS) is 22.8. The van der Waals surface area contributed by atoms with Crippen LogP contribution in [0.25, 0.3) is 0 Å². The van der Waals surface area contributed by atoms with Gasteiger partial charge in [0.05, 0.1) is 25.4 Å². The van der Waals surface area contributed by atoms with Gasteiger partial charge in [0, 0.05) is 38.8 Å². The number of amides is 1. The van der Waals surface area contributed by atoms with Crippen LogP contribution in [0.3, 0.4) is 0 Å². The quantitative estimate of drug-likeness (QED) is 0.317. The number of benzene rings is 1. The minimum Gasteiger partial charge on any atom is -0.450 e. The molecular formula is C23H38IN5O3. The number of aliphatic imine (C=N–C) groups is 1. The summed E-state index contributed by atoms with van der Waals surface area (Å²) in [5.74, 6) is 0.456. The molecule has 3 rings (SSSR count). The highest BCUT2D eigenvalue weighted by Crippen LogP contribution is 2.18. The van der Waals surface area contributed by atoms with E-state index in [9.17, 15) is 4.79 Å². The maximum absolute atomic E-state index is 11.8. The molecule has 0 saturated carbocycles. The Balaban J connectivity index is 0.00000363. The molecule has 180 valence electrons. The first kappa shape index (κ1) is 26.7. The first-order chi connectivity index (χ1) is 14.9. The van der Waals surface area contributed by atoms with Crippen LogP contribution in [0.15, 0.2) is 29.3 Å².